The van der Waals surface area contributed by atoms with Gasteiger partial charge in [0.25, 0.3) is 0 Å². The van der Waals surface area contributed by atoms with E-state index in [1.54, 1.807) is 0 Å². The van der Waals surface area contributed by atoms with Crippen molar-refractivity contribution in [3.05, 3.63) is 35.1 Å². The smallest absolute Gasteiger partial charge is 0.336 e. The summed E-state index contributed by atoms with van der Waals surface area (Å²) in [5, 5.41) is 26.1. The molecule has 17 heavy (non-hydrogen) atoms. The normalized spacial score (nSPS) is 10.2. The van der Waals surface area contributed by atoms with Gasteiger partial charge < -0.3 is 15.3 Å². The van der Waals surface area contributed by atoms with Gasteiger partial charge in [-0.2, -0.15) is 0 Å². The highest BCUT2D eigenvalue weighted by Crippen LogP contribution is 2.24. The van der Waals surface area contributed by atoms with Crippen LogP contribution in [0.3, 0.4) is 0 Å². The summed E-state index contributed by atoms with van der Waals surface area (Å²) in [4.78, 5) is 32.2. The first-order valence-corrected chi connectivity index (χ1v) is 4.33. The summed E-state index contributed by atoms with van der Waals surface area (Å²) in [6.07, 6.45) is 0. The maximum Gasteiger partial charge on any atom is 0.336 e. The van der Waals surface area contributed by atoms with Gasteiger partial charge in [-0.25, -0.2) is 9.18 Å². The molecule has 90 valence electrons. The van der Waals surface area contributed by atoms with Crippen LogP contribution < -0.4 is 0 Å². The van der Waals surface area contributed by atoms with E-state index in [1.165, 1.54) is 0 Å². The van der Waals surface area contributed by atoms with Crippen molar-refractivity contribution in [3.8, 4) is 0 Å². The predicted octanol–water partition coefficient (Wildman–Crippen LogP) is 0.777. The second-order valence-electron chi connectivity index (χ2n) is 3.12. The number of hydrogen-bond donors (Lipinski definition) is 3. The van der Waals surface area contributed by atoms with E-state index in [-0.39, 0.29) is 0 Å². The number of carboxylic acids is 3. The predicted molar refractivity (Wildman–Crippen MR) is 51.4 cm³/mol. The lowest BCUT2D eigenvalue weighted by Crippen LogP contribution is -2.24. The molecule has 0 fully saturated rings. The number of aromatic carboxylic acids is 1. The van der Waals surface area contributed by atoms with Crippen LogP contribution in [-0.4, -0.2) is 33.2 Å². The highest BCUT2D eigenvalue weighted by molar-refractivity contribution is 6.02. The van der Waals surface area contributed by atoms with E-state index < -0.39 is 40.8 Å². The van der Waals surface area contributed by atoms with Crippen molar-refractivity contribution in [3.63, 3.8) is 0 Å². The first-order valence-electron chi connectivity index (χ1n) is 4.33. The van der Waals surface area contributed by atoms with E-state index in [9.17, 15) is 18.8 Å². The van der Waals surface area contributed by atoms with E-state index in [0.717, 1.165) is 18.2 Å². The van der Waals surface area contributed by atoms with E-state index in [4.69, 9.17) is 15.3 Å². The first kappa shape index (κ1) is 12.6. The zero-order valence-corrected chi connectivity index (χ0v) is 8.25. The van der Waals surface area contributed by atoms with E-state index in [2.05, 4.69) is 0 Å². The third-order valence-electron chi connectivity index (χ3n) is 2.07. The number of hydrogen-bond acceptors (Lipinski definition) is 3. The number of aliphatic carboxylic acids is 2. The van der Waals surface area contributed by atoms with Crippen molar-refractivity contribution in [2.24, 2.45) is 0 Å². The summed E-state index contributed by atoms with van der Waals surface area (Å²) >= 11 is 0. The molecule has 1 rings (SSSR count). The van der Waals surface area contributed by atoms with Crippen LogP contribution in [0.2, 0.25) is 0 Å². The molecule has 0 aromatic heterocycles. The van der Waals surface area contributed by atoms with Gasteiger partial charge >= 0.3 is 17.9 Å². The van der Waals surface area contributed by atoms with Crippen LogP contribution in [0.4, 0.5) is 4.39 Å². The molecule has 3 N–H and O–H groups in total. The Labute approximate surface area is 93.9 Å². The van der Waals surface area contributed by atoms with Crippen LogP contribution >= 0.6 is 0 Å². The Balaban J connectivity index is 3.51. The largest absolute Gasteiger partial charge is 0.480 e. The van der Waals surface area contributed by atoms with Crippen LogP contribution in [-0.2, 0) is 9.59 Å². The Bertz CT molecular complexity index is 482. The van der Waals surface area contributed by atoms with Crippen LogP contribution in [0.15, 0.2) is 18.2 Å². The molecule has 7 heteroatoms. The van der Waals surface area contributed by atoms with Gasteiger partial charge in [-0.05, 0) is 12.1 Å². The van der Waals surface area contributed by atoms with E-state index >= 15 is 0 Å². The van der Waals surface area contributed by atoms with Crippen LogP contribution in [0.25, 0.3) is 0 Å². The Morgan fingerprint density at radius 1 is 1.06 bits per heavy atom. The quantitative estimate of drug-likeness (QED) is 0.672. The number of benzene rings is 1. The highest BCUT2D eigenvalue weighted by Gasteiger charge is 2.34. The minimum absolute atomic E-state index is 0.681. The maximum atomic E-state index is 13.4. The van der Waals surface area contributed by atoms with E-state index in [0.29, 0.717) is 0 Å². The molecule has 0 aliphatic carbocycles. The number of carbonyl (C=O) groups is 3. The molecule has 0 heterocycles. The monoisotopic (exact) mass is 242 g/mol. The average Bonchev–Trinajstić information content (AvgIpc) is 2.19. The summed E-state index contributed by atoms with van der Waals surface area (Å²) in [5.74, 6) is -8.68. The van der Waals surface area contributed by atoms with Crippen LogP contribution in [0, 0.1) is 5.82 Å². The fourth-order valence-corrected chi connectivity index (χ4v) is 1.37. The van der Waals surface area contributed by atoms with Gasteiger partial charge in [0, 0.05) is 5.56 Å². The Kier molecular flexibility index (Phi) is 3.42. The molecule has 0 unspecified atom stereocenters. The molecular weight excluding hydrogens is 235 g/mol. The van der Waals surface area contributed by atoms with Gasteiger partial charge in [0.1, 0.15) is 5.82 Å². The Morgan fingerprint density at radius 3 is 2.00 bits per heavy atom. The van der Waals surface area contributed by atoms with Gasteiger partial charge in [0.2, 0.25) is 0 Å². The molecule has 6 nitrogen and oxygen atoms in total. The van der Waals surface area contributed by atoms with Gasteiger partial charge in [-0.15, -0.1) is 0 Å². The molecule has 0 atom stereocenters. The molecule has 0 spiro atoms. The molecule has 1 aromatic rings. The summed E-state index contributed by atoms with van der Waals surface area (Å²) in [7, 11) is 0. The minimum Gasteiger partial charge on any atom is -0.480 e. The standard InChI is InChI=1S/C10H7FO6/c11-5-3-1-2-4(8(12)13)6(5)7(9(14)15)10(16)17/h1-3,7H,(H,12,13)(H,14,15)(H,16,17). The van der Waals surface area contributed by atoms with Crippen molar-refractivity contribution in [1.29, 1.82) is 0 Å². The molecule has 0 amide bonds. The zero-order chi connectivity index (χ0) is 13.2. The van der Waals surface area contributed by atoms with Crippen LogP contribution in [0.1, 0.15) is 21.8 Å². The lowest BCUT2D eigenvalue weighted by atomic mass is 9.93. The Hall–Kier alpha value is -2.44. The molecular formula is C10H7FO6. The number of carboxylic acid groups (broad SMARTS) is 3. The van der Waals surface area contributed by atoms with Crippen molar-refractivity contribution >= 4 is 17.9 Å². The summed E-state index contributed by atoms with van der Waals surface area (Å²) in [5.41, 5.74) is -1.54. The Morgan fingerprint density at radius 2 is 1.59 bits per heavy atom. The average molecular weight is 242 g/mol. The molecule has 0 aliphatic rings. The zero-order valence-electron chi connectivity index (χ0n) is 8.25. The van der Waals surface area contributed by atoms with Crippen molar-refractivity contribution in [1.82, 2.24) is 0 Å². The molecule has 0 bridgehead atoms. The van der Waals surface area contributed by atoms with Crippen molar-refractivity contribution in [2.75, 3.05) is 0 Å². The summed E-state index contributed by atoms with van der Waals surface area (Å²) in [6.45, 7) is 0. The second kappa shape index (κ2) is 4.60. The topological polar surface area (TPSA) is 112 Å². The fourth-order valence-electron chi connectivity index (χ4n) is 1.37. The number of rotatable bonds is 4. The van der Waals surface area contributed by atoms with Gasteiger partial charge in [0.15, 0.2) is 5.92 Å². The maximum absolute atomic E-state index is 13.4. The summed E-state index contributed by atoms with van der Waals surface area (Å²) in [6, 6.07) is 2.81. The van der Waals surface area contributed by atoms with Gasteiger partial charge in [-0.1, -0.05) is 6.07 Å². The molecule has 0 saturated carbocycles. The van der Waals surface area contributed by atoms with Crippen LogP contribution in [0.5, 0.6) is 0 Å². The lowest BCUT2D eigenvalue weighted by molar-refractivity contribution is -0.150. The van der Waals surface area contributed by atoms with E-state index in [1.807, 2.05) is 0 Å². The number of halogens is 1. The second-order valence-corrected chi connectivity index (χ2v) is 3.12. The molecule has 1 aromatic carbocycles. The highest BCUT2D eigenvalue weighted by atomic mass is 19.1. The third kappa shape index (κ3) is 2.39. The van der Waals surface area contributed by atoms with Gasteiger partial charge in [0.05, 0.1) is 5.56 Å². The SMILES string of the molecule is O=C(O)c1cccc(F)c1C(C(=O)O)C(=O)O. The van der Waals surface area contributed by atoms with Crippen molar-refractivity contribution < 1.29 is 34.1 Å². The van der Waals surface area contributed by atoms with Crippen molar-refractivity contribution in [2.45, 2.75) is 5.92 Å². The minimum atomic E-state index is -2.25. The van der Waals surface area contributed by atoms with Gasteiger partial charge in [-0.3, -0.25) is 9.59 Å². The third-order valence-corrected chi connectivity index (χ3v) is 2.07. The summed E-state index contributed by atoms with van der Waals surface area (Å²) < 4.78 is 13.4. The molecule has 0 saturated heterocycles. The lowest BCUT2D eigenvalue weighted by Gasteiger charge is -2.11. The fraction of sp³-hybridized carbons (Fsp3) is 0.100. The molecule has 0 aliphatic heterocycles. The molecule has 0 radical (unpaired) electrons. The first-order chi connectivity index (χ1) is 7.86.